The van der Waals surface area contributed by atoms with E-state index in [4.69, 9.17) is 33.5 Å². The molecule has 0 aliphatic rings. The lowest BCUT2D eigenvalue weighted by Gasteiger charge is -2.13. The quantitative estimate of drug-likeness (QED) is 0.507. The van der Waals surface area contributed by atoms with E-state index in [0.29, 0.717) is 21.2 Å². The van der Waals surface area contributed by atoms with Crippen molar-refractivity contribution in [1.29, 1.82) is 0 Å². The zero-order valence-electron chi connectivity index (χ0n) is 15.7. The molecule has 152 valence electrons. The predicted molar refractivity (Wildman–Crippen MR) is 107 cm³/mol. The van der Waals surface area contributed by atoms with E-state index in [-0.39, 0.29) is 17.4 Å². The lowest BCUT2D eigenvalue weighted by atomic mass is 9.99. The summed E-state index contributed by atoms with van der Waals surface area (Å²) < 4.78 is 43.3. The van der Waals surface area contributed by atoms with Gasteiger partial charge in [0, 0.05) is 27.4 Å². The van der Waals surface area contributed by atoms with E-state index < -0.39 is 11.7 Å². The van der Waals surface area contributed by atoms with E-state index in [1.807, 2.05) is 20.8 Å². The Hall–Kier alpha value is -2.51. The second-order valence-corrected chi connectivity index (χ2v) is 7.26. The third-order valence-corrected chi connectivity index (χ3v) is 5.69. The molecule has 0 radical (unpaired) electrons. The van der Waals surface area contributed by atoms with Gasteiger partial charge in [0.1, 0.15) is 0 Å². The van der Waals surface area contributed by atoms with Crippen LogP contribution in [0.25, 0.3) is 23.2 Å². The van der Waals surface area contributed by atoms with Gasteiger partial charge >= 0.3 is 6.18 Å². The van der Waals surface area contributed by atoms with E-state index >= 15 is 0 Å². The van der Waals surface area contributed by atoms with Crippen LogP contribution in [-0.2, 0) is 6.18 Å². The number of halogens is 5. The van der Waals surface area contributed by atoms with E-state index in [1.54, 1.807) is 0 Å². The van der Waals surface area contributed by atoms with Gasteiger partial charge in [-0.2, -0.15) is 18.2 Å². The van der Waals surface area contributed by atoms with Crippen molar-refractivity contribution in [1.82, 2.24) is 10.1 Å². The largest absolute Gasteiger partial charge is 0.416 e. The second kappa shape index (κ2) is 7.72. The SMILES string of the molecule is Cc1c(Cl)c(C)c(-c2noc(/C=C(\N)c3ccc(C(F)(F)F)cc3)n2)c(C)c1Cl. The number of aromatic nitrogens is 2. The van der Waals surface area contributed by atoms with Crippen LogP contribution in [0.3, 0.4) is 0 Å². The van der Waals surface area contributed by atoms with E-state index in [9.17, 15) is 13.2 Å². The van der Waals surface area contributed by atoms with Crippen molar-refractivity contribution in [2.45, 2.75) is 26.9 Å². The van der Waals surface area contributed by atoms with Crippen molar-refractivity contribution >= 4 is 35.0 Å². The number of rotatable bonds is 3. The van der Waals surface area contributed by atoms with Crippen LogP contribution in [0.15, 0.2) is 28.8 Å². The summed E-state index contributed by atoms with van der Waals surface area (Å²) in [5.41, 5.74) is 8.74. The molecule has 0 fully saturated rings. The third kappa shape index (κ3) is 4.11. The lowest BCUT2D eigenvalue weighted by Crippen LogP contribution is -2.05. The number of alkyl halides is 3. The molecule has 29 heavy (non-hydrogen) atoms. The summed E-state index contributed by atoms with van der Waals surface area (Å²) in [6.07, 6.45) is -3.02. The first-order valence-corrected chi connectivity index (χ1v) is 9.20. The van der Waals surface area contributed by atoms with Crippen molar-refractivity contribution in [2.24, 2.45) is 5.73 Å². The molecule has 0 spiro atoms. The number of benzene rings is 2. The zero-order valence-corrected chi connectivity index (χ0v) is 17.2. The first kappa shape index (κ1) is 21.2. The van der Waals surface area contributed by atoms with Crippen LogP contribution in [0.4, 0.5) is 13.2 Å². The molecule has 0 unspecified atom stereocenters. The van der Waals surface area contributed by atoms with Gasteiger partial charge in [-0.15, -0.1) is 0 Å². The molecule has 0 amide bonds. The van der Waals surface area contributed by atoms with Gasteiger partial charge in [0.05, 0.1) is 5.56 Å². The zero-order chi connectivity index (χ0) is 21.5. The van der Waals surface area contributed by atoms with Crippen LogP contribution in [0.5, 0.6) is 0 Å². The molecule has 0 aliphatic carbocycles. The molecule has 1 aromatic heterocycles. The van der Waals surface area contributed by atoms with Gasteiger partial charge in [0.15, 0.2) is 0 Å². The van der Waals surface area contributed by atoms with Crippen LogP contribution in [0, 0.1) is 20.8 Å². The van der Waals surface area contributed by atoms with Crippen LogP contribution in [0.1, 0.15) is 33.7 Å². The van der Waals surface area contributed by atoms with Crippen LogP contribution >= 0.6 is 23.2 Å². The Kier molecular flexibility index (Phi) is 5.65. The molecule has 0 atom stereocenters. The van der Waals surface area contributed by atoms with Gasteiger partial charge in [-0.25, -0.2) is 0 Å². The standard InChI is InChI=1S/C20H16Cl2F3N3O/c1-9-16(10(2)18(22)11(3)17(9)21)19-27-15(29-28-19)8-14(26)12-4-6-13(7-5-12)20(23,24)25/h4-8H,26H2,1-3H3/b14-8-. The highest BCUT2D eigenvalue weighted by Crippen LogP contribution is 2.38. The van der Waals surface area contributed by atoms with E-state index in [0.717, 1.165) is 28.8 Å². The summed E-state index contributed by atoms with van der Waals surface area (Å²) in [5, 5.41) is 4.99. The molecule has 1 heterocycles. The van der Waals surface area contributed by atoms with Crippen LogP contribution < -0.4 is 5.73 Å². The Morgan fingerprint density at radius 2 is 1.55 bits per heavy atom. The predicted octanol–water partition coefficient (Wildman–Crippen LogP) is 6.44. The van der Waals surface area contributed by atoms with E-state index in [1.165, 1.54) is 18.2 Å². The molecule has 4 nitrogen and oxygen atoms in total. The molecular formula is C20H16Cl2F3N3O. The maximum atomic E-state index is 12.7. The lowest BCUT2D eigenvalue weighted by molar-refractivity contribution is -0.137. The topological polar surface area (TPSA) is 64.9 Å². The van der Waals surface area contributed by atoms with Gasteiger partial charge in [0.2, 0.25) is 5.82 Å². The molecule has 0 aliphatic heterocycles. The van der Waals surface area contributed by atoms with E-state index in [2.05, 4.69) is 10.1 Å². The normalized spacial score (nSPS) is 12.5. The fourth-order valence-corrected chi connectivity index (χ4v) is 3.38. The van der Waals surface area contributed by atoms with Crippen LogP contribution in [-0.4, -0.2) is 10.1 Å². The molecule has 3 rings (SSSR count). The van der Waals surface area contributed by atoms with Crippen molar-refractivity contribution in [3.63, 3.8) is 0 Å². The fraction of sp³-hybridized carbons (Fsp3) is 0.200. The summed E-state index contributed by atoms with van der Waals surface area (Å²) in [6, 6.07) is 4.47. The summed E-state index contributed by atoms with van der Waals surface area (Å²) in [5.74, 6) is 0.388. The maximum Gasteiger partial charge on any atom is 0.416 e. The van der Waals surface area contributed by atoms with Crippen molar-refractivity contribution in [2.75, 3.05) is 0 Å². The average molecular weight is 442 g/mol. The van der Waals surface area contributed by atoms with Crippen molar-refractivity contribution in [3.8, 4) is 11.4 Å². The molecule has 2 N–H and O–H groups in total. The monoisotopic (exact) mass is 441 g/mol. The highest BCUT2D eigenvalue weighted by Gasteiger charge is 2.30. The molecule has 2 aromatic carbocycles. The third-order valence-electron chi connectivity index (χ3n) is 4.56. The first-order valence-electron chi connectivity index (χ1n) is 8.44. The van der Waals surface area contributed by atoms with Crippen LogP contribution in [0.2, 0.25) is 10.0 Å². The molecule has 0 saturated carbocycles. The van der Waals surface area contributed by atoms with Gasteiger partial charge in [0.25, 0.3) is 5.89 Å². The van der Waals surface area contributed by atoms with Gasteiger partial charge < -0.3 is 10.3 Å². The minimum Gasteiger partial charge on any atom is -0.398 e. The Morgan fingerprint density at radius 1 is 1.00 bits per heavy atom. The van der Waals surface area contributed by atoms with Gasteiger partial charge in [-0.1, -0.05) is 40.5 Å². The first-order chi connectivity index (χ1) is 13.5. The molecular weight excluding hydrogens is 426 g/mol. The summed E-state index contributed by atoms with van der Waals surface area (Å²) in [4.78, 5) is 4.30. The Balaban J connectivity index is 1.95. The van der Waals surface area contributed by atoms with Crippen molar-refractivity contribution in [3.05, 3.63) is 68.0 Å². The molecule has 3 aromatic rings. The van der Waals surface area contributed by atoms with Gasteiger partial charge in [-0.3, -0.25) is 0 Å². The number of nitrogens with zero attached hydrogens (tertiary/aromatic N) is 2. The molecule has 0 saturated heterocycles. The smallest absolute Gasteiger partial charge is 0.398 e. The summed E-state index contributed by atoms with van der Waals surface area (Å²) >= 11 is 12.7. The minimum atomic E-state index is -4.41. The number of hydrogen-bond acceptors (Lipinski definition) is 4. The summed E-state index contributed by atoms with van der Waals surface area (Å²) in [7, 11) is 0. The second-order valence-electron chi connectivity index (χ2n) is 6.51. The average Bonchev–Trinajstić information content (AvgIpc) is 3.12. The fourth-order valence-electron chi connectivity index (χ4n) is 2.96. The number of nitrogens with two attached hydrogens (primary N) is 1. The minimum absolute atomic E-state index is 0.101. The Bertz CT molecular complexity index is 1070. The molecule has 0 bridgehead atoms. The van der Waals surface area contributed by atoms with Crippen molar-refractivity contribution < 1.29 is 17.7 Å². The Labute approximate surface area is 175 Å². The highest BCUT2D eigenvalue weighted by atomic mass is 35.5. The summed E-state index contributed by atoms with van der Waals surface area (Å²) in [6.45, 7) is 5.48. The molecule has 9 heteroatoms. The highest BCUT2D eigenvalue weighted by molar-refractivity contribution is 6.37. The number of hydrogen-bond donors (Lipinski definition) is 1. The Morgan fingerprint density at radius 3 is 2.07 bits per heavy atom. The van der Waals surface area contributed by atoms with Gasteiger partial charge in [-0.05, 0) is 55.2 Å². The maximum absolute atomic E-state index is 12.7.